The van der Waals surface area contributed by atoms with Crippen molar-refractivity contribution in [2.75, 3.05) is 24.7 Å². The lowest BCUT2D eigenvalue weighted by Crippen LogP contribution is -2.54. The molecule has 0 aromatic carbocycles. The fourth-order valence-corrected chi connectivity index (χ4v) is 4.65. The summed E-state index contributed by atoms with van der Waals surface area (Å²) in [5, 5.41) is 0. The molecule has 0 aromatic rings. The normalized spacial score (nSPS) is 35.0. The molecule has 2 N–H and O–H groups in total. The minimum Gasteiger partial charge on any atom is -0.374 e. The Bertz CT molecular complexity index is 277. The van der Waals surface area contributed by atoms with Crippen LogP contribution >= 0.6 is 11.8 Å². The van der Waals surface area contributed by atoms with Crippen molar-refractivity contribution in [1.29, 1.82) is 0 Å². The summed E-state index contributed by atoms with van der Waals surface area (Å²) in [5.74, 6) is 2.90. The van der Waals surface area contributed by atoms with Gasteiger partial charge in [0.15, 0.2) is 0 Å². The summed E-state index contributed by atoms with van der Waals surface area (Å²) < 4.78 is 11.9. The summed E-state index contributed by atoms with van der Waals surface area (Å²) in [6.45, 7) is 7.86. The minimum absolute atomic E-state index is 0.101. The smallest absolute Gasteiger partial charge is 0.0783 e. The zero-order valence-electron chi connectivity index (χ0n) is 11.9. The molecule has 2 aliphatic heterocycles. The lowest BCUT2D eigenvalue weighted by Gasteiger charge is -2.44. The molecule has 4 heteroatoms. The van der Waals surface area contributed by atoms with Gasteiger partial charge in [-0.25, -0.2) is 0 Å². The van der Waals surface area contributed by atoms with Crippen molar-refractivity contribution in [3.05, 3.63) is 0 Å². The van der Waals surface area contributed by atoms with Crippen LogP contribution in [0.15, 0.2) is 0 Å². The van der Waals surface area contributed by atoms with Gasteiger partial charge in [0.05, 0.1) is 11.2 Å². The second-order valence-electron chi connectivity index (χ2n) is 6.15. The van der Waals surface area contributed by atoms with Crippen LogP contribution < -0.4 is 5.73 Å². The quantitative estimate of drug-likeness (QED) is 0.854. The largest absolute Gasteiger partial charge is 0.374 e. The fourth-order valence-electron chi connectivity index (χ4n) is 3.27. The Kier molecular flexibility index (Phi) is 4.63. The van der Waals surface area contributed by atoms with Gasteiger partial charge in [0.1, 0.15) is 0 Å². The van der Waals surface area contributed by atoms with Crippen LogP contribution in [-0.2, 0) is 9.47 Å². The first-order valence-electron chi connectivity index (χ1n) is 7.10. The number of ether oxygens (including phenoxy) is 2. The molecule has 0 aromatic heterocycles. The highest BCUT2D eigenvalue weighted by atomic mass is 32.2. The maximum absolute atomic E-state index is 6.48. The van der Waals surface area contributed by atoms with Gasteiger partial charge < -0.3 is 15.2 Å². The molecular weight excluding hydrogens is 246 g/mol. The van der Waals surface area contributed by atoms with Crippen LogP contribution in [0.5, 0.6) is 0 Å². The number of hydrogen-bond acceptors (Lipinski definition) is 4. The molecule has 2 heterocycles. The average molecular weight is 273 g/mol. The Hall–Kier alpha value is 0.230. The van der Waals surface area contributed by atoms with Crippen LogP contribution in [0.3, 0.4) is 0 Å². The molecular formula is C14H27NO2S. The molecule has 3 unspecified atom stereocenters. The summed E-state index contributed by atoms with van der Waals surface area (Å²) in [6, 6.07) is 0.101. The summed E-state index contributed by atoms with van der Waals surface area (Å²) in [7, 11) is 0. The van der Waals surface area contributed by atoms with Crippen molar-refractivity contribution in [3.63, 3.8) is 0 Å². The van der Waals surface area contributed by atoms with Gasteiger partial charge in [0.2, 0.25) is 0 Å². The van der Waals surface area contributed by atoms with E-state index in [1.165, 1.54) is 12.2 Å². The van der Waals surface area contributed by atoms with Crippen LogP contribution in [0.4, 0.5) is 0 Å². The molecule has 0 amide bonds. The maximum Gasteiger partial charge on any atom is 0.0783 e. The molecule has 18 heavy (non-hydrogen) atoms. The van der Waals surface area contributed by atoms with E-state index in [0.717, 1.165) is 31.8 Å². The molecule has 1 spiro atoms. The van der Waals surface area contributed by atoms with Crippen molar-refractivity contribution >= 4 is 11.8 Å². The number of hydrogen-bond donors (Lipinski definition) is 1. The van der Waals surface area contributed by atoms with Gasteiger partial charge >= 0.3 is 0 Å². The molecule has 0 bridgehead atoms. The third kappa shape index (κ3) is 3.03. The van der Waals surface area contributed by atoms with Crippen LogP contribution in [0.2, 0.25) is 0 Å². The molecule has 3 atom stereocenters. The van der Waals surface area contributed by atoms with Crippen molar-refractivity contribution in [1.82, 2.24) is 0 Å². The molecule has 106 valence electrons. The van der Waals surface area contributed by atoms with E-state index in [2.05, 4.69) is 13.8 Å². The van der Waals surface area contributed by atoms with Crippen molar-refractivity contribution in [2.24, 2.45) is 11.7 Å². The van der Waals surface area contributed by atoms with Crippen molar-refractivity contribution in [2.45, 2.75) is 57.3 Å². The van der Waals surface area contributed by atoms with Gasteiger partial charge in [-0.1, -0.05) is 0 Å². The lowest BCUT2D eigenvalue weighted by atomic mass is 9.76. The Labute approximate surface area is 115 Å². The standard InChI is InChI=1S/C14H27NO2S/c1-4-16-13(2,3)12(15)11-5-7-17-14(9-11)6-8-18-10-14/h11-12H,4-10,15H2,1-3H3. The van der Waals surface area contributed by atoms with E-state index in [-0.39, 0.29) is 17.2 Å². The van der Waals surface area contributed by atoms with Crippen LogP contribution in [0, 0.1) is 5.92 Å². The highest BCUT2D eigenvalue weighted by molar-refractivity contribution is 7.99. The van der Waals surface area contributed by atoms with E-state index in [4.69, 9.17) is 15.2 Å². The molecule has 0 aliphatic carbocycles. The molecule has 3 nitrogen and oxygen atoms in total. The number of rotatable bonds is 4. The van der Waals surface area contributed by atoms with E-state index in [0.29, 0.717) is 5.92 Å². The van der Waals surface area contributed by atoms with Crippen molar-refractivity contribution in [3.8, 4) is 0 Å². The first-order valence-corrected chi connectivity index (χ1v) is 8.26. The zero-order valence-corrected chi connectivity index (χ0v) is 12.7. The van der Waals surface area contributed by atoms with Crippen molar-refractivity contribution < 1.29 is 9.47 Å². The molecule has 0 radical (unpaired) electrons. The monoisotopic (exact) mass is 273 g/mol. The molecule has 2 rings (SSSR count). The second kappa shape index (κ2) is 5.70. The fraction of sp³-hybridized carbons (Fsp3) is 1.00. The average Bonchev–Trinajstić information content (AvgIpc) is 2.76. The molecule has 2 saturated heterocycles. The van der Waals surface area contributed by atoms with E-state index in [1.807, 2.05) is 18.7 Å². The number of thioether (sulfide) groups is 1. The molecule has 2 aliphatic rings. The van der Waals surface area contributed by atoms with Crippen LogP contribution in [0.25, 0.3) is 0 Å². The Balaban J connectivity index is 2.00. The minimum atomic E-state index is -0.232. The highest BCUT2D eigenvalue weighted by Crippen LogP contribution is 2.42. The highest BCUT2D eigenvalue weighted by Gasteiger charge is 2.44. The summed E-state index contributed by atoms with van der Waals surface area (Å²) in [5.41, 5.74) is 6.36. The molecule has 0 saturated carbocycles. The van der Waals surface area contributed by atoms with Gasteiger partial charge in [-0.3, -0.25) is 0 Å². The topological polar surface area (TPSA) is 44.5 Å². The van der Waals surface area contributed by atoms with Gasteiger partial charge in [-0.2, -0.15) is 11.8 Å². The van der Waals surface area contributed by atoms with Gasteiger partial charge in [-0.05, 0) is 51.7 Å². The Morgan fingerprint density at radius 2 is 2.33 bits per heavy atom. The van der Waals surface area contributed by atoms with E-state index < -0.39 is 0 Å². The third-order valence-corrected chi connectivity index (χ3v) is 5.65. The van der Waals surface area contributed by atoms with E-state index >= 15 is 0 Å². The summed E-state index contributed by atoms with van der Waals surface area (Å²) >= 11 is 2.01. The predicted octanol–water partition coefficient (Wildman–Crippen LogP) is 2.43. The zero-order chi connectivity index (χ0) is 13.2. The van der Waals surface area contributed by atoms with E-state index in [9.17, 15) is 0 Å². The molecule has 2 fully saturated rings. The summed E-state index contributed by atoms with van der Waals surface area (Å²) in [4.78, 5) is 0. The van der Waals surface area contributed by atoms with Crippen LogP contribution in [-0.4, -0.2) is 42.0 Å². The van der Waals surface area contributed by atoms with Gasteiger partial charge in [0, 0.05) is 25.0 Å². The second-order valence-corrected chi connectivity index (χ2v) is 7.25. The maximum atomic E-state index is 6.48. The van der Waals surface area contributed by atoms with Gasteiger partial charge in [-0.15, -0.1) is 0 Å². The third-order valence-electron chi connectivity index (χ3n) is 4.43. The Morgan fingerprint density at radius 3 is 2.94 bits per heavy atom. The Morgan fingerprint density at radius 1 is 1.56 bits per heavy atom. The number of nitrogens with two attached hydrogens (primary N) is 1. The first kappa shape index (κ1) is 14.6. The summed E-state index contributed by atoms with van der Waals surface area (Å²) in [6.07, 6.45) is 3.37. The first-order chi connectivity index (χ1) is 8.49. The SMILES string of the molecule is CCOC(C)(C)C(N)C1CCOC2(CCSC2)C1. The predicted molar refractivity (Wildman–Crippen MR) is 77.0 cm³/mol. The van der Waals surface area contributed by atoms with E-state index in [1.54, 1.807) is 0 Å². The lowest BCUT2D eigenvalue weighted by molar-refractivity contribution is -0.108. The van der Waals surface area contributed by atoms with Gasteiger partial charge in [0.25, 0.3) is 0 Å². The van der Waals surface area contributed by atoms with Crippen LogP contribution in [0.1, 0.15) is 40.0 Å².